The van der Waals surface area contributed by atoms with E-state index >= 15 is 0 Å². The number of aromatic nitrogens is 3. The highest BCUT2D eigenvalue weighted by molar-refractivity contribution is 6.31. The van der Waals surface area contributed by atoms with Crippen molar-refractivity contribution in [1.82, 2.24) is 15.1 Å². The maximum absolute atomic E-state index is 6.13. The first kappa shape index (κ1) is 13.7. The highest BCUT2D eigenvalue weighted by atomic mass is 35.5. The lowest BCUT2D eigenvalue weighted by atomic mass is 10.1. The molecule has 0 aliphatic rings. The average Bonchev–Trinajstić information content (AvgIpc) is 2.97. The zero-order valence-electron chi connectivity index (χ0n) is 11.1. The Labute approximate surface area is 126 Å². The first-order valence-corrected chi connectivity index (χ1v) is 6.83. The zero-order valence-corrected chi connectivity index (χ0v) is 11.9. The first-order chi connectivity index (χ1) is 10.2. The van der Waals surface area contributed by atoms with Gasteiger partial charge in [-0.05, 0) is 29.3 Å². The van der Waals surface area contributed by atoms with Gasteiger partial charge in [-0.25, -0.2) is 0 Å². The van der Waals surface area contributed by atoms with Crippen LogP contribution in [0.4, 0.5) is 0 Å². The summed E-state index contributed by atoms with van der Waals surface area (Å²) in [6, 6.07) is 10.6. The van der Waals surface area contributed by atoms with E-state index < -0.39 is 6.04 Å². The van der Waals surface area contributed by atoms with Crippen LogP contribution in [0.2, 0.25) is 5.02 Å². The molecule has 0 unspecified atom stereocenters. The number of rotatable bonds is 4. The standard InChI is InChI=1S/C15H13ClN4O/c16-12-4-2-1-3-11(12)14(17)15-19-13(20-21-15)9-10-5-7-18-8-6-10/h1-8,14H,9,17H2/t14-/m1/s1. The van der Waals surface area contributed by atoms with Gasteiger partial charge in [0.15, 0.2) is 5.82 Å². The van der Waals surface area contributed by atoms with Crippen LogP contribution < -0.4 is 5.73 Å². The van der Waals surface area contributed by atoms with Crippen LogP contribution in [0.5, 0.6) is 0 Å². The Hall–Kier alpha value is -2.24. The number of hydrogen-bond donors (Lipinski definition) is 1. The molecule has 6 heteroatoms. The normalized spacial score (nSPS) is 12.3. The molecule has 0 saturated carbocycles. The van der Waals surface area contributed by atoms with Crippen LogP contribution in [0.1, 0.15) is 28.9 Å². The van der Waals surface area contributed by atoms with Gasteiger partial charge in [0.1, 0.15) is 6.04 Å². The van der Waals surface area contributed by atoms with E-state index in [9.17, 15) is 0 Å². The van der Waals surface area contributed by atoms with Crippen molar-refractivity contribution in [2.24, 2.45) is 5.73 Å². The summed E-state index contributed by atoms with van der Waals surface area (Å²) in [7, 11) is 0. The molecule has 2 heterocycles. The molecular formula is C15H13ClN4O. The molecule has 21 heavy (non-hydrogen) atoms. The molecule has 0 spiro atoms. The minimum Gasteiger partial charge on any atom is -0.337 e. The third-order valence-corrected chi connectivity index (χ3v) is 3.45. The van der Waals surface area contributed by atoms with Crippen LogP contribution in [0, 0.1) is 0 Å². The van der Waals surface area contributed by atoms with Gasteiger partial charge in [0.25, 0.3) is 0 Å². The second kappa shape index (κ2) is 6.03. The molecule has 3 rings (SSSR count). The SMILES string of the molecule is N[C@@H](c1nc(Cc2ccncc2)no1)c1ccccc1Cl. The predicted molar refractivity (Wildman–Crippen MR) is 78.8 cm³/mol. The highest BCUT2D eigenvalue weighted by Crippen LogP contribution is 2.25. The van der Waals surface area contributed by atoms with Crippen molar-refractivity contribution in [2.45, 2.75) is 12.5 Å². The lowest BCUT2D eigenvalue weighted by Gasteiger charge is -2.08. The molecule has 5 nitrogen and oxygen atoms in total. The van der Waals surface area contributed by atoms with Crippen molar-refractivity contribution in [2.75, 3.05) is 0 Å². The third kappa shape index (κ3) is 3.09. The van der Waals surface area contributed by atoms with Crippen molar-refractivity contribution in [3.63, 3.8) is 0 Å². The molecule has 3 aromatic rings. The van der Waals surface area contributed by atoms with Crippen molar-refractivity contribution < 1.29 is 4.52 Å². The van der Waals surface area contributed by atoms with E-state index in [4.69, 9.17) is 21.9 Å². The van der Waals surface area contributed by atoms with Gasteiger partial charge < -0.3 is 10.3 Å². The largest absolute Gasteiger partial charge is 0.337 e. The fourth-order valence-electron chi connectivity index (χ4n) is 2.01. The molecule has 1 atom stereocenters. The van der Waals surface area contributed by atoms with Crippen LogP contribution in [-0.2, 0) is 6.42 Å². The second-order valence-electron chi connectivity index (χ2n) is 4.58. The van der Waals surface area contributed by atoms with Crippen LogP contribution in [0.25, 0.3) is 0 Å². The quantitative estimate of drug-likeness (QED) is 0.801. The van der Waals surface area contributed by atoms with Crippen LogP contribution in [-0.4, -0.2) is 15.1 Å². The first-order valence-electron chi connectivity index (χ1n) is 6.45. The Balaban J connectivity index is 1.80. The maximum atomic E-state index is 6.13. The molecule has 2 N–H and O–H groups in total. The van der Waals surface area contributed by atoms with E-state index in [2.05, 4.69) is 15.1 Å². The number of nitrogens with two attached hydrogens (primary N) is 1. The molecule has 0 aliphatic carbocycles. The van der Waals surface area contributed by atoms with Crippen LogP contribution in [0.15, 0.2) is 53.3 Å². The summed E-state index contributed by atoms with van der Waals surface area (Å²) < 4.78 is 5.25. The van der Waals surface area contributed by atoms with E-state index in [1.54, 1.807) is 18.5 Å². The van der Waals surface area contributed by atoms with Gasteiger partial charge in [-0.3, -0.25) is 4.98 Å². The van der Waals surface area contributed by atoms with Crippen LogP contribution >= 0.6 is 11.6 Å². The molecule has 0 radical (unpaired) electrons. The topological polar surface area (TPSA) is 77.8 Å². The molecule has 0 aliphatic heterocycles. The van der Waals surface area contributed by atoms with Crippen molar-refractivity contribution in [3.8, 4) is 0 Å². The van der Waals surface area contributed by atoms with E-state index in [-0.39, 0.29) is 0 Å². The summed E-state index contributed by atoms with van der Waals surface area (Å²) in [5, 5.41) is 4.54. The minimum absolute atomic E-state index is 0.354. The molecule has 106 valence electrons. The van der Waals surface area contributed by atoms with E-state index in [1.807, 2.05) is 30.3 Å². The van der Waals surface area contributed by atoms with Crippen LogP contribution in [0.3, 0.4) is 0 Å². The summed E-state index contributed by atoms with van der Waals surface area (Å²) in [6.07, 6.45) is 4.03. The third-order valence-electron chi connectivity index (χ3n) is 3.10. The van der Waals surface area contributed by atoms with Gasteiger partial charge >= 0.3 is 0 Å². The van der Waals surface area contributed by atoms with Crippen molar-refractivity contribution >= 4 is 11.6 Å². The lowest BCUT2D eigenvalue weighted by molar-refractivity contribution is 0.363. The molecule has 0 bridgehead atoms. The van der Waals surface area contributed by atoms with Gasteiger partial charge in [0.2, 0.25) is 5.89 Å². The van der Waals surface area contributed by atoms with E-state index in [0.717, 1.165) is 11.1 Å². The molecule has 0 saturated heterocycles. The second-order valence-corrected chi connectivity index (χ2v) is 4.99. The summed E-state index contributed by atoms with van der Waals surface area (Å²) in [5.74, 6) is 0.936. The number of hydrogen-bond acceptors (Lipinski definition) is 5. The monoisotopic (exact) mass is 300 g/mol. The number of pyridine rings is 1. The molecular weight excluding hydrogens is 288 g/mol. The van der Waals surface area contributed by atoms with E-state index in [1.165, 1.54) is 0 Å². The van der Waals surface area contributed by atoms with Crippen molar-refractivity contribution in [3.05, 3.63) is 76.7 Å². The summed E-state index contributed by atoms with van der Waals surface area (Å²) in [4.78, 5) is 8.31. The van der Waals surface area contributed by atoms with Gasteiger partial charge in [-0.15, -0.1) is 0 Å². The Morgan fingerprint density at radius 2 is 1.90 bits per heavy atom. The minimum atomic E-state index is -0.530. The smallest absolute Gasteiger partial charge is 0.248 e. The molecule has 1 aromatic carbocycles. The summed E-state index contributed by atoms with van der Waals surface area (Å²) in [6.45, 7) is 0. The molecule has 2 aromatic heterocycles. The van der Waals surface area contributed by atoms with Gasteiger partial charge in [0, 0.05) is 23.8 Å². The molecule has 0 amide bonds. The fraction of sp³-hybridized carbons (Fsp3) is 0.133. The Kier molecular flexibility index (Phi) is 3.94. The van der Waals surface area contributed by atoms with Gasteiger partial charge in [0.05, 0.1) is 0 Å². The van der Waals surface area contributed by atoms with E-state index in [0.29, 0.717) is 23.2 Å². The van der Waals surface area contributed by atoms with Gasteiger partial charge in [-0.2, -0.15) is 4.98 Å². The zero-order chi connectivity index (χ0) is 14.7. The summed E-state index contributed by atoms with van der Waals surface area (Å²) in [5.41, 5.74) is 7.95. The Morgan fingerprint density at radius 3 is 2.67 bits per heavy atom. The number of nitrogens with zero attached hydrogens (tertiary/aromatic N) is 3. The average molecular weight is 301 g/mol. The Bertz CT molecular complexity index is 729. The fourth-order valence-corrected chi connectivity index (χ4v) is 2.26. The Morgan fingerprint density at radius 1 is 1.14 bits per heavy atom. The highest BCUT2D eigenvalue weighted by Gasteiger charge is 2.19. The predicted octanol–water partition coefficient (Wildman–Crippen LogP) is 2.76. The van der Waals surface area contributed by atoms with Crippen molar-refractivity contribution in [1.29, 1.82) is 0 Å². The van der Waals surface area contributed by atoms with Gasteiger partial charge in [-0.1, -0.05) is 35.0 Å². The number of halogens is 1. The maximum Gasteiger partial charge on any atom is 0.248 e. The molecule has 0 fully saturated rings. The number of benzene rings is 1. The lowest BCUT2D eigenvalue weighted by Crippen LogP contribution is -2.12. The summed E-state index contributed by atoms with van der Waals surface area (Å²) >= 11 is 6.13.